The first-order valence-corrected chi connectivity index (χ1v) is 10.2. The molecule has 0 radical (unpaired) electrons. The Kier molecular flexibility index (Phi) is 6.37. The molecule has 0 atom stereocenters. The molecule has 3 aromatic rings. The SMILES string of the molecule is CCCc1c(Sc2cc(C)cc(C)c2)n(Cc2cc(F)cc(F)c2)c(=O)[nH]c1=O. The van der Waals surface area contributed by atoms with Crippen molar-refractivity contribution in [1.82, 2.24) is 9.55 Å². The van der Waals surface area contributed by atoms with E-state index in [0.29, 0.717) is 22.6 Å². The van der Waals surface area contributed by atoms with Gasteiger partial charge in [0.15, 0.2) is 0 Å². The van der Waals surface area contributed by atoms with Gasteiger partial charge in [-0.25, -0.2) is 13.6 Å². The third-order valence-corrected chi connectivity index (χ3v) is 5.55. The van der Waals surface area contributed by atoms with Crippen LogP contribution in [-0.4, -0.2) is 9.55 Å². The van der Waals surface area contributed by atoms with E-state index >= 15 is 0 Å². The van der Waals surface area contributed by atoms with Crippen molar-refractivity contribution in [2.75, 3.05) is 0 Å². The van der Waals surface area contributed by atoms with Crippen LogP contribution in [0.4, 0.5) is 8.78 Å². The van der Waals surface area contributed by atoms with Crippen molar-refractivity contribution in [2.45, 2.75) is 50.1 Å². The summed E-state index contributed by atoms with van der Waals surface area (Å²) in [6, 6.07) is 9.15. The summed E-state index contributed by atoms with van der Waals surface area (Å²) >= 11 is 1.32. The Morgan fingerprint density at radius 2 is 1.59 bits per heavy atom. The lowest BCUT2D eigenvalue weighted by Crippen LogP contribution is -2.34. The van der Waals surface area contributed by atoms with Gasteiger partial charge in [-0.1, -0.05) is 31.2 Å². The van der Waals surface area contributed by atoms with Gasteiger partial charge in [-0.3, -0.25) is 14.3 Å². The number of aryl methyl sites for hydroxylation is 2. The predicted octanol–water partition coefficient (Wildman–Crippen LogP) is 4.58. The number of halogens is 2. The Morgan fingerprint density at radius 3 is 2.17 bits per heavy atom. The summed E-state index contributed by atoms with van der Waals surface area (Å²) in [6.45, 7) is 5.85. The molecule has 1 aromatic heterocycles. The van der Waals surface area contributed by atoms with E-state index in [1.54, 1.807) is 0 Å². The van der Waals surface area contributed by atoms with Gasteiger partial charge in [0.1, 0.15) is 11.6 Å². The van der Waals surface area contributed by atoms with Gasteiger partial charge in [0.25, 0.3) is 5.56 Å². The van der Waals surface area contributed by atoms with Gasteiger partial charge in [0.2, 0.25) is 0 Å². The molecule has 0 aliphatic rings. The van der Waals surface area contributed by atoms with Crippen LogP contribution in [0.3, 0.4) is 0 Å². The fourth-order valence-corrected chi connectivity index (χ4v) is 4.60. The Labute approximate surface area is 171 Å². The molecule has 3 rings (SSSR count). The van der Waals surface area contributed by atoms with Gasteiger partial charge in [0.05, 0.1) is 11.6 Å². The smallest absolute Gasteiger partial charge is 0.283 e. The maximum Gasteiger partial charge on any atom is 0.329 e. The molecule has 0 aliphatic carbocycles. The Morgan fingerprint density at radius 1 is 0.966 bits per heavy atom. The normalized spacial score (nSPS) is 11.1. The van der Waals surface area contributed by atoms with Crippen LogP contribution in [0.2, 0.25) is 0 Å². The van der Waals surface area contributed by atoms with Gasteiger partial charge in [-0.05, 0) is 61.2 Å². The highest BCUT2D eigenvalue weighted by atomic mass is 32.2. The minimum absolute atomic E-state index is 0.0475. The second-order valence-electron chi connectivity index (χ2n) is 7.08. The van der Waals surface area contributed by atoms with Crippen LogP contribution in [0.15, 0.2) is 55.9 Å². The third-order valence-electron chi connectivity index (χ3n) is 4.42. The van der Waals surface area contributed by atoms with E-state index in [2.05, 4.69) is 4.98 Å². The molecular formula is C22H22F2N2O2S. The molecule has 0 bridgehead atoms. The largest absolute Gasteiger partial charge is 0.329 e. The van der Waals surface area contributed by atoms with E-state index in [-0.39, 0.29) is 6.54 Å². The molecule has 7 heteroatoms. The van der Waals surface area contributed by atoms with E-state index < -0.39 is 22.9 Å². The molecule has 2 aromatic carbocycles. The van der Waals surface area contributed by atoms with Crippen molar-refractivity contribution in [3.8, 4) is 0 Å². The highest BCUT2D eigenvalue weighted by Crippen LogP contribution is 2.31. The van der Waals surface area contributed by atoms with Gasteiger partial charge in [-0.15, -0.1) is 0 Å². The number of H-pyrrole nitrogens is 1. The van der Waals surface area contributed by atoms with Crippen molar-refractivity contribution in [3.63, 3.8) is 0 Å². The fourth-order valence-electron chi connectivity index (χ4n) is 3.31. The fraction of sp³-hybridized carbons (Fsp3) is 0.273. The zero-order valence-electron chi connectivity index (χ0n) is 16.5. The number of aromatic nitrogens is 2. The van der Waals surface area contributed by atoms with Crippen LogP contribution in [0.1, 0.15) is 35.6 Å². The summed E-state index contributed by atoms with van der Waals surface area (Å²) in [5.74, 6) is -1.43. The number of hydrogen-bond donors (Lipinski definition) is 1. The first-order chi connectivity index (χ1) is 13.8. The minimum atomic E-state index is -0.713. The van der Waals surface area contributed by atoms with Crippen LogP contribution in [0.25, 0.3) is 0 Å². The first kappa shape index (κ1) is 21.0. The van der Waals surface area contributed by atoms with E-state index in [0.717, 1.165) is 28.5 Å². The van der Waals surface area contributed by atoms with Crippen molar-refractivity contribution in [1.29, 1.82) is 0 Å². The molecule has 0 spiro atoms. The van der Waals surface area contributed by atoms with Crippen molar-refractivity contribution in [2.24, 2.45) is 0 Å². The van der Waals surface area contributed by atoms with Crippen LogP contribution in [0.5, 0.6) is 0 Å². The summed E-state index contributed by atoms with van der Waals surface area (Å²) in [6.07, 6.45) is 1.20. The van der Waals surface area contributed by atoms with Crippen molar-refractivity contribution >= 4 is 11.8 Å². The van der Waals surface area contributed by atoms with E-state index in [9.17, 15) is 18.4 Å². The molecule has 0 unspecified atom stereocenters. The Bertz CT molecular complexity index is 1130. The number of nitrogens with one attached hydrogen (secondary N) is 1. The lowest BCUT2D eigenvalue weighted by molar-refractivity contribution is 0.570. The summed E-state index contributed by atoms with van der Waals surface area (Å²) in [5.41, 5.74) is 1.90. The molecule has 1 heterocycles. The molecule has 0 saturated heterocycles. The second kappa shape index (κ2) is 8.78. The maximum atomic E-state index is 13.6. The van der Waals surface area contributed by atoms with E-state index in [1.807, 2.05) is 39.0 Å². The van der Waals surface area contributed by atoms with Gasteiger partial charge < -0.3 is 0 Å². The molecule has 0 aliphatic heterocycles. The third kappa shape index (κ3) is 5.03. The van der Waals surface area contributed by atoms with Gasteiger partial charge in [-0.2, -0.15) is 0 Å². The topological polar surface area (TPSA) is 54.9 Å². The molecule has 0 fully saturated rings. The molecule has 4 nitrogen and oxygen atoms in total. The average Bonchev–Trinajstić information content (AvgIpc) is 2.60. The van der Waals surface area contributed by atoms with Crippen LogP contribution >= 0.6 is 11.8 Å². The summed E-state index contributed by atoms with van der Waals surface area (Å²) in [5, 5.41) is 0.496. The number of rotatable bonds is 6. The number of nitrogens with zero attached hydrogens (tertiary/aromatic N) is 1. The zero-order chi connectivity index (χ0) is 21.1. The Hall–Kier alpha value is -2.67. The predicted molar refractivity (Wildman–Crippen MR) is 111 cm³/mol. The number of benzene rings is 2. The summed E-state index contributed by atoms with van der Waals surface area (Å²) in [7, 11) is 0. The van der Waals surface area contributed by atoms with Crippen molar-refractivity contribution in [3.05, 3.63) is 91.1 Å². The van der Waals surface area contributed by atoms with Crippen LogP contribution in [-0.2, 0) is 13.0 Å². The molecule has 29 heavy (non-hydrogen) atoms. The summed E-state index contributed by atoms with van der Waals surface area (Å²) in [4.78, 5) is 28.3. The Balaban J connectivity index is 2.17. The zero-order valence-corrected chi connectivity index (χ0v) is 17.3. The number of aromatic amines is 1. The lowest BCUT2D eigenvalue weighted by Gasteiger charge is -2.16. The highest BCUT2D eigenvalue weighted by molar-refractivity contribution is 7.99. The molecular weight excluding hydrogens is 394 g/mol. The standard InChI is InChI=1S/C22H22F2N2O2S/c1-4-5-19-20(27)25-22(28)26(12-15-9-16(23)11-17(24)10-15)21(19)29-18-7-13(2)6-14(3)8-18/h6-11H,4-5,12H2,1-3H3,(H,25,27,28). The molecule has 0 amide bonds. The number of hydrogen-bond acceptors (Lipinski definition) is 3. The van der Waals surface area contributed by atoms with E-state index in [1.165, 1.54) is 28.5 Å². The molecule has 1 N–H and O–H groups in total. The second-order valence-corrected chi connectivity index (χ2v) is 8.14. The van der Waals surface area contributed by atoms with Crippen LogP contribution in [0, 0.1) is 25.5 Å². The summed E-state index contributed by atoms with van der Waals surface area (Å²) < 4.78 is 28.7. The van der Waals surface area contributed by atoms with Crippen LogP contribution < -0.4 is 11.2 Å². The van der Waals surface area contributed by atoms with Gasteiger partial charge >= 0.3 is 5.69 Å². The first-order valence-electron chi connectivity index (χ1n) is 9.34. The van der Waals surface area contributed by atoms with Crippen molar-refractivity contribution < 1.29 is 8.78 Å². The quantitative estimate of drug-likeness (QED) is 0.599. The minimum Gasteiger partial charge on any atom is -0.283 e. The van der Waals surface area contributed by atoms with E-state index in [4.69, 9.17) is 0 Å². The van der Waals surface area contributed by atoms with Gasteiger partial charge in [0, 0.05) is 16.5 Å². The highest BCUT2D eigenvalue weighted by Gasteiger charge is 2.17. The maximum absolute atomic E-state index is 13.6. The monoisotopic (exact) mass is 416 g/mol. The lowest BCUT2D eigenvalue weighted by atomic mass is 10.2. The molecule has 0 saturated carbocycles. The molecule has 152 valence electrons. The average molecular weight is 416 g/mol.